The van der Waals surface area contributed by atoms with Crippen LogP contribution < -0.4 is 5.32 Å². The molecule has 2 N–H and O–H groups in total. The Kier molecular flexibility index (Phi) is 5.55. The number of carbonyl (C=O) groups is 3. The lowest BCUT2D eigenvalue weighted by atomic mass is 9.91. The van der Waals surface area contributed by atoms with Gasteiger partial charge < -0.3 is 15.3 Å². The molecule has 0 bridgehead atoms. The third kappa shape index (κ3) is 3.72. The number of hydrogen-bond acceptors (Lipinski definition) is 4. The molecule has 2 aliphatic heterocycles. The second-order valence-corrected chi connectivity index (χ2v) is 8.25. The van der Waals surface area contributed by atoms with E-state index >= 15 is 0 Å². The Balaban J connectivity index is 1.68. The normalized spacial score (nSPS) is 23.5. The van der Waals surface area contributed by atoms with Gasteiger partial charge in [0, 0.05) is 13.0 Å². The SMILES string of the molecule is CC(c1ccccc1)N1CC(C(=O)NC2(C(=O)O)CCSCC2)CC1=O. The summed E-state index contributed by atoms with van der Waals surface area (Å²) in [5.74, 6) is -0.439. The number of amides is 2. The number of aliphatic carboxylic acids is 1. The minimum absolute atomic E-state index is 0.0647. The maximum absolute atomic E-state index is 12.7. The lowest BCUT2D eigenvalue weighted by Gasteiger charge is -2.34. The van der Waals surface area contributed by atoms with Crippen LogP contribution in [0.4, 0.5) is 0 Å². The third-order valence-corrected chi connectivity index (χ3v) is 6.38. The second-order valence-electron chi connectivity index (χ2n) is 7.02. The smallest absolute Gasteiger partial charge is 0.329 e. The number of nitrogens with zero attached hydrogens (tertiary/aromatic N) is 1. The van der Waals surface area contributed by atoms with Gasteiger partial charge in [0.25, 0.3) is 0 Å². The van der Waals surface area contributed by atoms with E-state index in [9.17, 15) is 19.5 Å². The molecule has 2 amide bonds. The molecule has 0 radical (unpaired) electrons. The van der Waals surface area contributed by atoms with Crippen molar-refractivity contribution in [1.82, 2.24) is 10.2 Å². The summed E-state index contributed by atoms with van der Waals surface area (Å²) >= 11 is 1.70. The highest BCUT2D eigenvalue weighted by molar-refractivity contribution is 7.99. The number of nitrogens with one attached hydrogen (secondary N) is 1. The van der Waals surface area contributed by atoms with Crippen LogP contribution in [0.15, 0.2) is 30.3 Å². The van der Waals surface area contributed by atoms with E-state index in [0.717, 1.165) is 5.56 Å². The monoisotopic (exact) mass is 376 g/mol. The zero-order valence-electron chi connectivity index (χ0n) is 14.8. The van der Waals surface area contributed by atoms with E-state index in [4.69, 9.17) is 0 Å². The highest BCUT2D eigenvalue weighted by atomic mass is 32.2. The van der Waals surface area contributed by atoms with Crippen molar-refractivity contribution in [3.05, 3.63) is 35.9 Å². The van der Waals surface area contributed by atoms with Crippen molar-refractivity contribution in [3.8, 4) is 0 Å². The predicted octanol–water partition coefficient (Wildman–Crippen LogP) is 2.06. The molecule has 0 spiro atoms. The summed E-state index contributed by atoms with van der Waals surface area (Å²) in [6, 6.07) is 9.59. The first kappa shape index (κ1) is 18.8. The molecule has 2 heterocycles. The van der Waals surface area contributed by atoms with Gasteiger partial charge in [-0.1, -0.05) is 30.3 Å². The summed E-state index contributed by atoms with van der Waals surface area (Å²) in [4.78, 5) is 38.6. The molecule has 2 atom stereocenters. The average Bonchev–Trinajstić information content (AvgIpc) is 3.04. The van der Waals surface area contributed by atoms with Gasteiger partial charge in [0.15, 0.2) is 0 Å². The summed E-state index contributed by atoms with van der Waals surface area (Å²) in [6.07, 6.45) is 0.973. The maximum Gasteiger partial charge on any atom is 0.329 e. The highest BCUT2D eigenvalue weighted by Crippen LogP contribution is 2.31. The highest BCUT2D eigenvalue weighted by Gasteiger charge is 2.44. The standard InChI is InChI=1S/C19H24N2O4S/c1-13(14-5-3-2-4-6-14)21-12-15(11-16(21)22)17(23)20-19(18(24)25)7-9-26-10-8-19/h2-6,13,15H,7-12H2,1H3,(H,20,23)(H,24,25). The fourth-order valence-corrected chi connectivity index (χ4v) is 4.83. The molecule has 26 heavy (non-hydrogen) atoms. The lowest BCUT2D eigenvalue weighted by Crippen LogP contribution is -2.58. The number of rotatable bonds is 5. The Morgan fingerprint density at radius 1 is 1.27 bits per heavy atom. The van der Waals surface area contributed by atoms with E-state index < -0.39 is 17.4 Å². The third-order valence-electron chi connectivity index (χ3n) is 5.40. The van der Waals surface area contributed by atoms with Crippen molar-refractivity contribution in [3.63, 3.8) is 0 Å². The van der Waals surface area contributed by atoms with Crippen molar-refractivity contribution in [1.29, 1.82) is 0 Å². The Morgan fingerprint density at radius 3 is 2.54 bits per heavy atom. The first-order chi connectivity index (χ1) is 12.4. The molecule has 6 nitrogen and oxygen atoms in total. The van der Waals surface area contributed by atoms with E-state index in [0.29, 0.717) is 30.9 Å². The molecule has 2 unspecified atom stereocenters. The minimum Gasteiger partial charge on any atom is -0.480 e. The lowest BCUT2D eigenvalue weighted by molar-refractivity contribution is -0.148. The van der Waals surface area contributed by atoms with Gasteiger partial charge in [0.05, 0.1) is 12.0 Å². The Bertz CT molecular complexity index is 688. The first-order valence-electron chi connectivity index (χ1n) is 8.90. The van der Waals surface area contributed by atoms with Gasteiger partial charge >= 0.3 is 5.97 Å². The summed E-state index contributed by atoms with van der Waals surface area (Å²) in [6.45, 7) is 2.27. The molecule has 2 aliphatic rings. The van der Waals surface area contributed by atoms with Crippen LogP contribution in [0.5, 0.6) is 0 Å². The summed E-state index contributed by atoms with van der Waals surface area (Å²) in [7, 11) is 0. The van der Waals surface area contributed by atoms with Gasteiger partial charge in [-0.15, -0.1) is 0 Å². The first-order valence-corrected chi connectivity index (χ1v) is 10.1. The Morgan fingerprint density at radius 2 is 1.92 bits per heavy atom. The predicted molar refractivity (Wildman–Crippen MR) is 99.7 cm³/mol. The zero-order valence-corrected chi connectivity index (χ0v) is 15.6. The van der Waals surface area contributed by atoms with Crippen LogP contribution in [-0.4, -0.2) is 51.4 Å². The van der Waals surface area contributed by atoms with Crippen LogP contribution in [0, 0.1) is 5.92 Å². The van der Waals surface area contributed by atoms with Crippen LogP contribution in [0.3, 0.4) is 0 Å². The summed E-state index contributed by atoms with van der Waals surface area (Å²) in [5.41, 5.74) is -0.169. The van der Waals surface area contributed by atoms with Gasteiger partial charge in [0.1, 0.15) is 5.54 Å². The molecular formula is C19H24N2O4S. The fourth-order valence-electron chi connectivity index (χ4n) is 3.64. The quantitative estimate of drug-likeness (QED) is 0.821. The van der Waals surface area contributed by atoms with Crippen molar-refractivity contribution >= 4 is 29.5 Å². The topological polar surface area (TPSA) is 86.7 Å². The number of hydrogen-bond donors (Lipinski definition) is 2. The van der Waals surface area contributed by atoms with Gasteiger partial charge in [-0.2, -0.15) is 11.8 Å². The van der Waals surface area contributed by atoms with Gasteiger partial charge in [-0.25, -0.2) is 4.79 Å². The Labute approximate surface area is 157 Å². The molecule has 0 aliphatic carbocycles. The van der Waals surface area contributed by atoms with Crippen molar-refractivity contribution in [2.45, 2.75) is 37.8 Å². The zero-order chi connectivity index (χ0) is 18.7. The summed E-state index contributed by atoms with van der Waals surface area (Å²) in [5, 5.41) is 12.4. The second kappa shape index (κ2) is 7.70. The molecule has 1 aromatic rings. The number of carbonyl (C=O) groups excluding carboxylic acids is 2. The molecule has 2 fully saturated rings. The number of carboxylic acid groups (broad SMARTS) is 1. The molecule has 0 aromatic heterocycles. The Hall–Kier alpha value is -2.02. The van der Waals surface area contributed by atoms with Gasteiger partial charge in [0.2, 0.25) is 11.8 Å². The van der Waals surface area contributed by atoms with E-state index in [1.54, 1.807) is 16.7 Å². The van der Waals surface area contributed by atoms with E-state index in [1.807, 2.05) is 37.3 Å². The minimum atomic E-state index is -1.19. The number of carboxylic acids is 1. The van der Waals surface area contributed by atoms with Crippen LogP contribution >= 0.6 is 11.8 Å². The van der Waals surface area contributed by atoms with Crippen LogP contribution in [0.1, 0.15) is 37.8 Å². The molecular weight excluding hydrogens is 352 g/mol. The fraction of sp³-hybridized carbons (Fsp3) is 0.526. The molecule has 1 aromatic carbocycles. The summed E-state index contributed by atoms with van der Waals surface area (Å²) < 4.78 is 0. The van der Waals surface area contributed by atoms with E-state index in [1.165, 1.54) is 0 Å². The van der Waals surface area contributed by atoms with E-state index in [-0.39, 0.29) is 24.3 Å². The molecule has 7 heteroatoms. The van der Waals surface area contributed by atoms with Crippen LogP contribution in [-0.2, 0) is 14.4 Å². The molecule has 140 valence electrons. The van der Waals surface area contributed by atoms with Crippen LogP contribution in [0.25, 0.3) is 0 Å². The van der Waals surface area contributed by atoms with Gasteiger partial charge in [-0.3, -0.25) is 9.59 Å². The van der Waals surface area contributed by atoms with Crippen LogP contribution in [0.2, 0.25) is 0 Å². The van der Waals surface area contributed by atoms with Gasteiger partial charge in [-0.05, 0) is 36.8 Å². The van der Waals surface area contributed by atoms with Crippen molar-refractivity contribution in [2.75, 3.05) is 18.1 Å². The molecule has 2 saturated heterocycles. The number of likely N-dealkylation sites (tertiary alicyclic amines) is 1. The number of thioether (sulfide) groups is 1. The van der Waals surface area contributed by atoms with E-state index in [2.05, 4.69) is 5.32 Å². The average molecular weight is 376 g/mol. The largest absolute Gasteiger partial charge is 0.480 e. The van der Waals surface area contributed by atoms with Crippen molar-refractivity contribution < 1.29 is 19.5 Å². The van der Waals surface area contributed by atoms with Crippen molar-refractivity contribution in [2.24, 2.45) is 5.92 Å². The molecule has 0 saturated carbocycles. The maximum atomic E-state index is 12.7. The molecule has 3 rings (SSSR count). The number of benzene rings is 1.